The third-order valence-corrected chi connectivity index (χ3v) is 3.46. The lowest BCUT2D eigenvalue weighted by atomic mass is 10.1. The highest BCUT2D eigenvalue weighted by Crippen LogP contribution is 2.22. The van der Waals surface area contributed by atoms with Crippen LogP contribution in [0.5, 0.6) is 0 Å². The molecule has 0 unspecified atom stereocenters. The zero-order valence-corrected chi connectivity index (χ0v) is 14.3. The van der Waals surface area contributed by atoms with Crippen molar-refractivity contribution in [3.63, 3.8) is 0 Å². The molecule has 0 fully saturated rings. The standard InChI is InChI=1S/C16H14ClN3O2.CO2/c1-10-6-14-15(17)18-16(19-20(14)8-10)13-5-3-4-12(7-13)9-22-11(2)21;2-1-3/h3-8H,9H2,1-2H3;. The van der Waals surface area contributed by atoms with Gasteiger partial charge in [0, 0.05) is 18.7 Å². The van der Waals surface area contributed by atoms with Crippen molar-refractivity contribution in [1.29, 1.82) is 0 Å². The van der Waals surface area contributed by atoms with Crippen LogP contribution in [0.4, 0.5) is 0 Å². The summed E-state index contributed by atoms with van der Waals surface area (Å²) < 4.78 is 6.73. The Kier molecular flexibility index (Phi) is 6.00. The van der Waals surface area contributed by atoms with Crippen LogP contribution in [-0.4, -0.2) is 26.7 Å². The first-order chi connectivity index (χ1) is 11.9. The second kappa shape index (κ2) is 8.19. The summed E-state index contributed by atoms with van der Waals surface area (Å²) in [6.07, 6.45) is 2.15. The predicted molar refractivity (Wildman–Crippen MR) is 88.6 cm³/mol. The smallest absolute Gasteiger partial charge is 0.373 e. The molecule has 2 aromatic heterocycles. The van der Waals surface area contributed by atoms with Crippen molar-refractivity contribution in [2.75, 3.05) is 0 Å². The molecule has 0 atom stereocenters. The number of carbonyl (C=O) groups excluding carboxylic acids is 3. The van der Waals surface area contributed by atoms with E-state index in [1.54, 1.807) is 4.52 Å². The van der Waals surface area contributed by atoms with Crippen molar-refractivity contribution >= 4 is 29.2 Å². The molecule has 0 aliphatic heterocycles. The molecule has 0 amide bonds. The first-order valence-electron chi connectivity index (χ1n) is 7.19. The summed E-state index contributed by atoms with van der Waals surface area (Å²) in [5.41, 5.74) is 3.53. The van der Waals surface area contributed by atoms with Gasteiger partial charge >= 0.3 is 12.1 Å². The number of hydrogen-bond donors (Lipinski definition) is 0. The minimum Gasteiger partial charge on any atom is -0.461 e. The van der Waals surface area contributed by atoms with Gasteiger partial charge in [0.1, 0.15) is 12.1 Å². The van der Waals surface area contributed by atoms with Crippen LogP contribution in [0, 0.1) is 6.92 Å². The van der Waals surface area contributed by atoms with E-state index >= 15 is 0 Å². The minimum atomic E-state index is -0.311. The van der Waals surface area contributed by atoms with E-state index in [9.17, 15) is 4.79 Å². The summed E-state index contributed by atoms with van der Waals surface area (Å²) in [6, 6.07) is 9.47. The van der Waals surface area contributed by atoms with Crippen LogP contribution < -0.4 is 0 Å². The van der Waals surface area contributed by atoms with Crippen molar-refractivity contribution < 1.29 is 19.1 Å². The van der Waals surface area contributed by atoms with Crippen molar-refractivity contribution in [3.05, 3.63) is 52.8 Å². The van der Waals surface area contributed by atoms with Gasteiger partial charge in [0.05, 0.1) is 0 Å². The number of hydrogen-bond acceptors (Lipinski definition) is 6. The Morgan fingerprint density at radius 2 is 2.04 bits per heavy atom. The highest BCUT2D eigenvalue weighted by atomic mass is 35.5. The summed E-state index contributed by atoms with van der Waals surface area (Å²) in [5.74, 6) is 0.215. The lowest BCUT2D eigenvalue weighted by Crippen LogP contribution is -2.00. The molecule has 1 aromatic carbocycles. The van der Waals surface area contributed by atoms with Gasteiger partial charge < -0.3 is 4.74 Å². The van der Waals surface area contributed by atoms with E-state index < -0.39 is 0 Å². The second-order valence-corrected chi connectivity index (χ2v) is 5.50. The predicted octanol–water partition coefficient (Wildman–Crippen LogP) is 2.84. The Bertz CT molecular complexity index is 946. The lowest BCUT2D eigenvalue weighted by molar-refractivity contribution is -0.191. The van der Waals surface area contributed by atoms with Crippen LogP contribution >= 0.6 is 11.6 Å². The van der Waals surface area contributed by atoms with E-state index in [-0.39, 0.29) is 18.7 Å². The van der Waals surface area contributed by atoms with Gasteiger partial charge in [0.2, 0.25) is 0 Å². The summed E-state index contributed by atoms with van der Waals surface area (Å²) in [4.78, 5) is 31.5. The van der Waals surface area contributed by atoms with Crippen LogP contribution in [0.25, 0.3) is 16.9 Å². The molecule has 3 aromatic rings. The van der Waals surface area contributed by atoms with Crippen molar-refractivity contribution in [2.45, 2.75) is 20.5 Å². The molecule has 128 valence electrons. The van der Waals surface area contributed by atoms with Gasteiger partial charge in [-0.25, -0.2) is 9.50 Å². The third kappa shape index (κ3) is 4.73. The monoisotopic (exact) mass is 359 g/mol. The number of nitrogens with zero attached hydrogens (tertiary/aromatic N) is 3. The molecule has 0 saturated carbocycles. The fourth-order valence-corrected chi connectivity index (χ4v) is 2.42. The third-order valence-electron chi connectivity index (χ3n) is 3.18. The molecule has 0 bridgehead atoms. The number of aryl methyl sites for hydroxylation is 1. The maximum Gasteiger partial charge on any atom is 0.373 e. The summed E-state index contributed by atoms with van der Waals surface area (Å²) in [7, 11) is 0. The van der Waals surface area contributed by atoms with Crippen LogP contribution in [-0.2, 0) is 25.7 Å². The van der Waals surface area contributed by atoms with E-state index in [1.165, 1.54) is 6.92 Å². The number of rotatable bonds is 3. The topological polar surface area (TPSA) is 90.6 Å². The molecule has 0 N–H and O–H groups in total. The van der Waals surface area contributed by atoms with Gasteiger partial charge in [-0.1, -0.05) is 29.8 Å². The summed E-state index contributed by atoms with van der Waals surface area (Å²) in [5, 5.41) is 4.88. The van der Waals surface area contributed by atoms with Crippen LogP contribution in [0.2, 0.25) is 5.15 Å². The first-order valence-corrected chi connectivity index (χ1v) is 7.57. The van der Waals surface area contributed by atoms with E-state index in [0.717, 1.165) is 22.2 Å². The fraction of sp³-hybridized carbons (Fsp3) is 0.176. The first kappa shape index (κ1) is 18.3. The quantitative estimate of drug-likeness (QED) is 0.668. The zero-order chi connectivity index (χ0) is 18.4. The Balaban J connectivity index is 0.000000701. The number of carbonyl (C=O) groups is 1. The average molecular weight is 360 g/mol. The SMILES string of the molecule is CC(=O)OCc1cccc(-c2nc(Cl)c3cc(C)cn3n2)c1.O=C=O. The van der Waals surface area contributed by atoms with Crippen molar-refractivity contribution in [3.8, 4) is 11.4 Å². The number of halogens is 1. The fourth-order valence-electron chi connectivity index (χ4n) is 2.20. The van der Waals surface area contributed by atoms with Gasteiger partial charge in [-0.05, 0) is 30.2 Å². The molecule has 25 heavy (non-hydrogen) atoms. The van der Waals surface area contributed by atoms with Crippen molar-refractivity contribution in [2.24, 2.45) is 0 Å². The van der Waals surface area contributed by atoms with E-state index in [0.29, 0.717) is 11.0 Å². The van der Waals surface area contributed by atoms with Crippen molar-refractivity contribution in [1.82, 2.24) is 14.6 Å². The van der Waals surface area contributed by atoms with Gasteiger partial charge in [0.15, 0.2) is 11.0 Å². The highest BCUT2D eigenvalue weighted by Gasteiger charge is 2.09. The molecule has 7 nitrogen and oxygen atoms in total. The molecule has 0 saturated heterocycles. The Morgan fingerprint density at radius 1 is 1.32 bits per heavy atom. The van der Waals surface area contributed by atoms with Gasteiger partial charge in [-0.2, -0.15) is 9.59 Å². The number of aromatic nitrogens is 3. The lowest BCUT2D eigenvalue weighted by Gasteiger charge is -2.06. The van der Waals surface area contributed by atoms with Gasteiger partial charge in [-0.3, -0.25) is 4.79 Å². The van der Waals surface area contributed by atoms with Crippen LogP contribution in [0.1, 0.15) is 18.1 Å². The average Bonchev–Trinajstić information content (AvgIpc) is 2.95. The maximum atomic E-state index is 10.9. The highest BCUT2D eigenvalue weighted by molar-refractivity contribution is 6.32. The Hall–Kier alpha value is -3.02. The molecule has 0 spiro atoms. The second-order valence-electron chi connectivity index (χ2n) is 5.14. The number of ether oxygens (including phenoxy) is 1. The zero-order valence-electron chi connectivity index (χ0n) is 13.5. The van der Waals surface area contributed by atoms with Crippen LogP contribution in [0.15, 0.2) is 36.5 Å². The largest absolute Gasteiger partial charge is 0.461 e. The molecule has 2 heterocycles. The summed E-state index contributed by atoms with van der Waals surface area (Å²) in [6.45, 7) is 3.58. The molecule has 0 aliphatic carbocycles. The molecule has 0 radical (unpaired) electrons. The summed E-state index contributed by atoms with van der Waals surface area (Å²) >= 11 is 6.23. The van der Waals surface area contributed by atoms with E-state index in [1.807, 2.05) is 43.5 Å². The Morgan fingerprint density at radius 3 is 2.72 bits per heavy atom. The molecule has 8 heteroatoms. The van der Waals surface area contributed by atoms with Gasteiger partial charge in [-0.15, -0.1) is 5.10 Å². The van der Waals surface area contributed by atoms with Gasteiger partial charge in [0.25, 0.3) is 0 Å². The molecule has 0 aliphatic rings. The van der Waals surface area contributed by atoms with E-state index in [4.69, 9.17) is 25.9 Å². The van der Waals surface area contributed by atoms with E-state index in [2.05, 4.69) is 10.1 Å². The minimum absolute atomic E-state index is 0.224. The normalized spacial score (nSPS) is 9.88. The number of esters is 1. The molecular formula is C17H14ClN3O4. The molecule has 3 rings (SSSR count). The van der Waals surface area contributed by atoms with Crippen LogP contribution in [0.3, 0.4) is 0 Å². The number of benzene rings is 1. The Labute approximate surface area is 148 Å². The number of fused-ring (bicyclic) bond motifs is 1. The maximum absolute atomic E-state index is 10.9. The molecular weight excluding hydrogens is 346 g/mol.